The summed E-state index contributed by atoms with van der Waals surface area (Å²) < 4.78 is 32.2. The number of rotatable bonds is 3. The molecule has 0 aromatic heterocycles. The minimum Gasteiger partial charge on any atom is -0.454 e. The molecule has 0 heterocycles. The van der Waals surface area contributed by atoms with Gasteiger partial charge in [0, 0.05) is 12.1 Å². The monoisotopic (exact) mass is 249 g/mol. The van der Waals surface area contributed by atoms with Crippen LogP contribution in [-0.2, 0) is 6.54 Å². The van der Waals surface area contributed by atoms with E-state index in [4.69, 9.17) is 10.5 Å². The molecule has 0 saturated heterocycles. The minimum absolute atomic E-state index is 0.0889. The predicted molar refractivity (Wildman–Crippen MR) is 65.5 cm³/mol. The molecule has 2 aromatic rings. The molecule has 0 aliphatic rings. The quantitative estimate of drug-likeness (QED) is 0.903. The van der Waals surface area contributed by atoms with Gasteiger partial charge in [-0.25, -0.2) is 8.78 Å². The van der Waals surface area contributed by atoms with Crippen LogP contribution in [0.3, 0.4) is 0 Å². The molecule has 94 valence electrons. The Bertz CT molecular complexity index is 570. The first kappa shape index (κ1) is 12.5. The van der Waals surface area contributed by atoms with E-state index in [1.807, 2.05) is 0 Å². The minimum atomic E-state index is -0.486. The van der Waals surface area contributed by atoms with Crippen molar-refractivity contribution >= 4 is 0 Å². The fraction of sp³-hybridized carbons (Fsp3) is 0.143. The van der Waals surface area contributed by atoms with Crippen molar-refractivity contribution in [2.24, 2.45) is 5.73 Å². The van der Waals surface area contributed by atoms with Crippen molar-refractivity contribution in [3.8, 4) is 11.5 Å². The highest BCUT2D eigenvalue weighted by Gasteiger charge is 2.10. The Labute approximate surface area is 104 Å². The average molecular weight is 249 g/mol. The highest BCUT2D eigenvalue weighted by atomic mass is 19.1. The Hall–Kier alpha value is -1.94. The maximum Gasteiger partial charge on any atom is 0.167 e. The lowest BCUT2D eigenvalue weighted by molar-refractivity contribution is 0.435. The van der Waals surface area contributed by atoms with Crippen LogP contribution >= 0.6 is 0 Å². The molecule has 4 heteroatoms. The summed E-state index contributed by atoms with van der Waals surface area (Å²) in [4.78, 5) is 0. The van der Waals surface area contributed by atoms with Crippen LogP contribution in [0, 0.1) is 18.6 Å². The number of aryl methyl sites for hydroxylation is 1. The standard InChI is InChI=1S/C14H13F2NO/c1-9-7-11(5-6-12(9)15)18-14-10(8-17)3-2-4-13(14)16/h2-7H,8,17H2,1H3. The summed E-state index contributed by atoms with van der Waals surface area (Å²) in [6, 6.07) is 8.81. The fourth-order valence-electron chi connectivity index (χ4n) is 1.63. The van der Waals surface area contributed by atoms with Crippen molar-refractivity contribution < 1.29 is 13.5 Å². The molecule has 0 spiro atoms. The van der Waals surface area contributed by atoms with Crippen LogP contribution in [0.2, 0.25) is 0 Å². The zero-order valence-electron chi connectivity index (χ0n) is 9.91. The van der Waals surface area contributed by atoms with E-state index in [0.29, 0.717) is 16.9 Å². The average Bonchev–Trinajstić information content (AvgIpc) is 2.36. The van der Waals surface area contributed by atoms with Gasteiger partial charge in [0.15, 0.2) is 11.6 Å². The summed E-state index contributed by atoms with van der Waals surface area (Å²) in [5, 5.41) is 0. The lowest BCUT2D eigenvalue weighted by Crippen LogP contribution is -2.01. The van der Waals surface area contributed by atoms with E-state index in [9.17, 15) is 8.78 Å². The number of benzene rings is 2. The third kappa shape index (κ3) is 2.49. The van der Waals surface area contributed by atoms with Crippen LogP contribution in [0.15, 0.2) is 36.4 Å². The Morgan fingerprint density at radius 3 is 2.56 bits per heavy atom. The molecule has 0 atom stereocenters. The molecular formula is C14H13F2NO. The summed E-state index contributed by atoms with van der Waals surface area (Å²) in [5.74, 6) is -0.338. The zero-order valence-corrected chi connectivity index (χ0v) is 9.91. The van der Waals surface area contributed by atoms with E-state index in [1.54, 1.807) is 19.1 Å². The molecule has 2 rings (SSSR count). The maximum absolute atomic E-state index is 13.6. The molecule has 0 bridgehead atoms. The second kappa shape index (κ2) is 5.14. The molecular weight excluding hydrogens is 236 g/mol. The van der Waals surface area contributed by atoms with Gasteiger partial charge in [-0.1, -0.05) is 12.1 Å². The van der Waals surface area contributed by atoms with Crippen LogP contribution in [0.25, 0.3) is 0 Å². The molecule has 0 fully saturated rings. The van der Waals surface area contributed by atoms with Gasteiger partial charge < -0.3 is 10.5 Å². The summed E-state index contributed by atoms with van der Waals surface area (Å²) in [6.07, 6.45) is 0. The van der Waals surface area contributed by atoms with Gasteiger partial charge in [-0.05, 0) is 36.8 Å². The van der Waals surface area contributed by atoms with Gasteiger partial charge in [0.2, 0.25) is 0 Å². The maximum atomic E-state index is 13.6. The number of para-hydroxylation sites is 1. The van der Waals surface area contributed by atoms with Gasteiger partial charge in [0.05, 0.1) is 0 Å². The van der Waals surface area contributed by atoms with Crippen molar-refractivity contribution in [2.45, 2.75) is 13.5 Å². The van der Waals surface area contributed by atoms with Gasteiger partial charge in [-0.15, -0.1) is 0 Å². The molecule has 0 radical (unpaired) electrons. The lowest BCUT2D eigenvalue weighted by Gasteiger charge is -2.11. The van der Waals surface area contributed by atoms with E-state index in [1.165, 1.54) is 24.3 Å². The second-order valence-corrected chi connectivity index (χ2v) is 3.95. The molecule has 18 heavy (non-hydrogen) atoms. The normalized spacial score (nSPS) is 10.4. The largest absolute Gasteiger partial charge is 0.454 e. The molecule has 2 nitrogen and oxygen atoms in total. The van der Waals surface area contributed by atoms with Crippen molar-refractivity contribution in [2.75, 3.05) is 0 Å². The number of hydrogen-bond acceptors (Lipinski definition) is 2. The molecule has 2 aromatic carbocycles. The highest BCUT2D eigenvalue weighted by Crippen LogP contribution is 2.29. The number of ether oxygens (including phenoxy) is 1. The molecule has 0 amide bonds. The van der Waals surface area contributed by atoms with Crippen molar-refractivity contribution in [3.63, 3.8) is 0 Å². The molecule has 0 saturated carbocycles. The Balaban J connectivity index is 2.36. The Morgan fingerprint density at radius 2 is 1.89 bits per heavy atom. The third-order valence-electron chi connectivity index (χ3n) is 2.62. The van der Waals surface area contributed by atoms with Crippen molar-refractivity contribution in [1.82, 2.24) is 0 Å². The van der Waals surface area contributed by atoms with Gasteiger partial charge in [0.1, 0.15) is 11.6 Å². The smallest absolute Gasteiger partial charge is 0.167 e. The third-order valence-corrected chi connectivity index (χ3v) is 2.62. The van der Waals surface area contributed by atoms with E-state index >= 15 is 0 Å². The Morgan fingerprint density at radius 1 is 1.11 bits per heavy atom. The van der Waals surface area contributed by atoms with Gasteiger partial charge in [-0.2, -0.15) is 0 Å². The van der Waals surface area contributed by atoms with Crippen LogP contribution in [0.4, 0.5) is 8.78 Å². The number of nitrogens with two attached hydrogens (primary N) is 1. The number of halogens is 2. The van der Waals surface area contributed by atoms with Crippen LogP contribution in [0.5, 0.6) is 11.5 Å². The number of hydrogen-bond donors (Lipinski definition) is 1. The zero-order chi connectivity index (χ0) is 13.1. The molecule has 2 N–H and O–H groups in total. The topological polar surface area (TPSA) is 35.2 Å². The van der Waals surface area contributed by atoms with E-state index < -0.39 is 5.82 Å². The van der Waals surface area contributed by atoms with Crippen molar-refractivity contribution in [1.29, 1.82) is 0 Å². The van der Waals surface area contributed by atoms with Gasteiger partial charge in [-0.3, -0.25) is 0 Å². The van der Waals surface area contributed by atoms with Crippen molar-refractivity contribution in [3.05, 3.63) is 59.2 Å². The van der Waals surface area contributed by atoms with E-state index in [-0.39, 0.29) is 18.1 Å². The first-order chi connectivity index (χ1) is 8.61. The van der Waals surface area contributed by atoms with Crippen LogP contribution < -0.4 is 10.5 Å². The SMILES string of the molecule is Cc1cc(Oc2c(F)cccc2CN)ccc1F. The first-order valence-corrected chi connectivity index (χ1v) is 5.53. The molecule has 0 aliphatic carbocycles. The Kier molecular flexibility index (Phi) is 3.58. The first-order valence-electron chi connectivity index (χ1n) is 5.53. The summed E-state index contributed by atoms with van der Waals surface area (Å²) >= 11 is 0. The molecule has 0 unspecified atom stereocenters. The summed E-state index contributed by atoms with van der Waals surface area (Å²) in [6.45, 7) is 1.79. The van der Waals surface area contributed by atoms with Gasteiger partial charge in [0.25, 0.3) is 0 Å². The predicted octanol–water partition coefficient (Wildman–Crippen LogP) is 3.52. The van der Waals surface area contributed by atoms with E-state index in [2.05, 4.69) is 0 Å². The van der Waals surface area contributed by atoms with Crippen LogP contribution in [-0.4, -0.2) is 0 Å². The summed E-state index contributed by atoms with van der Waals surface area (Å²) in [5.41, 5.74) is 6.53. The summed E-state index contributed by atoms with van der Waals surface area (Å²) in [7, 11) is 0. The van der Waals surface area contributed by atoms with Gasteiger partial charge >= 0.3 is 0 Å². The highest BCUT2D eigenvalue weighted by molar-refractivity contribution is 5.40. The molecule has 0 aliphatic heterocycles. The second-order valence-electron chi connectivity index (χ2n) is 3.95. The lowest BCUT2D eigenvalue weighted by atomic mass is 10.2. The van der Waals surface area contributed by atoms with Crippen LogP contribution in [0.1, 0.15) is 11.1 Å². The fourth-order valence-corrected chi connectivity index (χ4v) is 1.63. The van der Waals surface area contributed by atoms with E-state index in [0.717, 1.165) is 0 Å².